The van der Waals surface area contributed by atoms with Crippen molar-refractivity contribution in [2.24, 2.45) is 0 Å². The van der Waals surface area contributed by atoms with E-state index in [4.69, 9.17) is 4.98 Å². The predicted molar refractivity (Wildman–Crippen MR) is 297 cm³/mol. The maximum absolute atomic E-state index is 5.38. The monoisotopic (exact) mass is 746 g/mol. The van der Waals surface area contributed by atoms with Crippen LogP contribution in [0.2, 0.25) is 5.11 Å². The molecule has 0 unspecified atom stereocenters. The fourth-order valence-corrected chi connectivity index (χ4v) is 10.4. The minimum atomic E-state index is -0.209. The topological polar surface area (TPSA) is 17.8 Å². The van der Waals surface area contributed by atoms with Gasteiger partial charge in [0.2, 0.25) is 0 Å². The summed E-state index contributed by atoms with van der Waals surface area (Å²) in [6, 6.07) is 34.4. The summed E-state index contributed by atoms with van der Waals surface area (Å²) in [5.41, 5.74) is 24.9. The van der Waals surface area contributed by atoms with Gasteiger partial charge in [-0.15, -0.1) is 27.0 Å². The normalized spacial score (nSPS) is 13.6. The Hall–Kier alpha value is -4.63. The minimum Gasteiger partial charge on any atom is -0.297 e. The Labute approximate surface area is 362 Å². The molecule has 9 rings (SSSR count). The first-order valence-corrected chi connectivity index (χ1v) is 21.6. The minimum absolute atomic E-state index is 0.0183. The Morgan fingerprint density at radius 1 is 0.492 bits per heavy atom. The van der Waals surface area contributed by atoms with Crippen molar-refractivity contribution in [2.75, 3.05) is 0 Å². The first kappa shape index (κ1) is 39.8. The van der Waals surface area contributed by atoms with Crippen molar-refractivity contribution in [1.82, 2.24) is 9.55 Å². The van der Waals surface area contributed by atoms with Crippen molar-refractivity contribution < 1.29 is 0 Å². The smallest absolute Gasteiger partial charge is 0.139 e. The molecule has 0 radical (unpaired) electrons. The van der Waals surface area contributed by atoms with Gasteiger partial charge in [0.05, 0.1) is 34.6 Å². The second kappa shape index (κ2) is 13.4. The third kappa shape index (κ3) is 5.55. The molecule has 7 aromatic carbocycles. The number of hydrogen-bond donors (Lipinski definition) is 0. The van der Waals surface area contributed by atoms with Gasteiger partial charge in [0.1, 0.15) is 84.3 Å². The van der Waals surface area contributed by atoms with E-state index in [9.17, 15) is 0 Å². The summed E-state index contributed by atoms with van der Waals surface area (Å²) in [6.07, 6.45) is 0. The van der Waals surface area contributed by atoms with Gasteiger partial charge in [0.25, 0.3) is 0 Å². The van der Waals surface area contributed by atoms with Crippen LogP contribution in [0, 0.1) is 0 Å². The highest BCUT2D eigenvalue weighted by molar-refractivity contribution is 6.71. The summed E-state index contributed by atoms with van der Waals surface area (Å²) < 4.78 is 2.44. The summed E-state index contributed by atoms with van der Waals surface area (Å²) in [6.45, 7) is 4.80. The maximum Gasteiger partial charge on any atom is 0.139 e. The Kier molecular flexibility index (Phi) is 9.07. The molecule has 0 spiro atoms. The van der Waals surface area contributed by atoms with Gasteiger partial charge >= 0.3 is 0 Å². The van der Waals surface area contributed by atoms with E-state index in [0.29, 0.717) is 0 Å². The number of para-hydroxylation sites is 2. The molecule has 0 N–H and O–H groups in total. The van der Waals surface area contributed by atoms with Crippen LogP contribution < -0.4 is 43.7 Å². The van der Waals surface area contributed by atoms with Crippen LogP contribution in [0.4, 0.5) is 0 Å². The highest BCUT2D eigenvalue weighted by Crippen LogP contribution is 2.51. The second-order valence-corrected chi connectivity index (χ2v) is 19.9. The average Bonchev–Trinajstić information content (AvgIpc) is 3.72. The average molecular weight is 744 g/mol. The SMILES string of the molecule is Bc1c(B)c(B)c2c(-c3ccc4c(c3)C(C)(C)c3ccccc3-4)c3c(B)c(B)c(B)c(B)c3c(-c3cccc(-n4c(C(B)(B)C(B)(B)B)nc5ccccc54)c3)c2c1B. The van der Waals surface area contributed by atoms with Gasteiger partial charge in [-0.05, 0) is 102 Å². The highest BCUT2D eigenvalue weighted by Gasteiger charge is 2.39. The van der Waals surface area contributed by atoms with Crippen LogP contribution in [0.5, 0.6) is 0 Å². The molecule has 0 saturated heterocycles. The fraction of sp³-hybridized carbons (Fsp3) is 0.114. The summed E-state index contributed by atoms with van der Waals surface area (Å²) in [5.74, 6) is 1.09. The third-order valence-electron chi connectivity index (χ3n) is 15.6. The summed E-state index contributed by atoms with van der Waals surface area (Å²) >= 11 is 0. The Bertz CT molecular complexity index is 3060. The molecule has 15 heteroatoms. The molecule has 0 atom stereocenters. The predicted octanol–water partition coefficient (Wildman–Crippen LogP) is -7.57. The molecule has 1 heterocycles. The molecule has 0 aliphatic heterocycles. The fourth-order valence-electron chi connectivity index (χ4n) is 10.4. The van der Waals surface area contributed by atoms with Crippen LogP contribution in [-0.2, 0) is 10.6 Å². The first-order chi connectivity index (χ1) is 27.8. The van der Waals surface area contributed by atoms with E-state index in [1.807, 2.05) is 0 Å². The van der Waals surface area contributed by atoms with Crippen LogP contribution >= 0.6 is 0 Å². The van der Waals surface area contributed by atoms with Crippen molar-refractivity contribution in [1.29, 1.82) is 0 Å². The van der Waals surface area contributed by atoms with E-state index in [0.717, 1.165) is 22.5 Å². The van der Waals surface area contributed by atoms with E-state index >= 15 is 0 Å². The number of fused-ring (bicyclic) bond motifs is 6. The molecule has 0 bridgehead atoms. The van der Waals surface area contributed by atoms with E-state index in [2.05, 4.69) is 211 Å². The van der Waals surface area contributed by atoms with Crippen LogP contribution in [0.3, 0.4) is 0 Å². The van der Waals surface area contributed by atoms with Gasteiger partial charge in [0, 0.05) is 11.1 Å². The molecule has 1 aliphatic carbocycles. The second-order valence-electron chi connectivity index (χ2n) is 19.9. The Morgan fingerprint density at radius 2 is 0.983 bits per heavy atom. The van der Waals surface area contributed by atoms with Crippen LogP contribution in [-0.4, -0.2) is 112 Å². The van der Waals surface area contributed by atoms with Crippen molar-refractivity contribution in [2.45, 2.75) is 29.6 Å². The summed E-state index contributed by atoms with van der Waals surface area (Å²) in [4.78, 5) is 5.38. The quantitative estimate of drug-likeness (QED) is 0.127. The zero-order valence-corrected chi connectivity index (χ0v) is 38.1. The molecule has 1 aliphatic rings. The molecule has 2 nitrogen and oxygen atoms in total. The van der Waals surface area contributed by atoms with E-state index < -0.39 is 0 Å². The number of aromatic nitrogens is 2. The number of hydrogen-bond acceptors (Lipinski definition) is 1. The maximum atomic E-state index is 5.38. The van der Waals surface area contributed by atoms with E-state index in [-0.39, 0.29) is 15.7 Å². The van der Waals surface area contributed by atoms with Gasteiger partial charge in [0.15, 0.2) is 0 Å². The van der Waals surface area contributed by atoms with Gasteiger partial charge in [-0.3, -0.25) is 4.57 Å². The molecule has 1 aromatic heterocycles. The number of imidazole rings is 1. The lowest BCUT2D eigenvalue weighted by atomic mass is 9.23. The van der Waals surface area contributed by atoms with Crippen molar-refractivity contribution in [3.63, 3.8) is 0 Å². The molecular formula is C44H47B13N2. The zero-order chi connectivity index (χ0) is 42.2. The van der Waals surface area contributed by atoms with Gasteiger partial charge in [-0.25, -0.2) is 4.98 Å². The molecule has 59 heavy (non-hydrogen) atoms. The zero-order valence-electron chi connectivity index (χ0n) is 38.1. The molecule has 0 fully saturated rings. The molecule has 272 valence electrons. The molecular weight excluding hydrogens is 697 g/mol. The van der Waals surface area contributed by atoms with Crippen molar-refractivity contribution >= 4 is 178 Å². The summed E-state index contributed by atoms with van der Waals surface area (Å²) in [5, 5.41) is 5.25. The molecule has 0 saturated carbocycles. The lowest BCUT2D eigenvalue weighted by Crippen LogP contribution is -2.50. The Balaban J connectivity index is 1.44. The van der Waals surface area contributed by atoms with Gasteiger partial charge in [-0.1, -0.05) is 96.4 Å². The molecule has 8 aromatic rings. The Morgan fingerprint density at radius 3 is 1.54 bits per heavy atom. The first-order valence-electron chi connectivity index (χ1n) is 21.6. The number of nitrogens with zero attached hydrogens (tertiary/aromatic N) is 2. The number of benzene rings is 7. The summed E-state index contributed by atoms with van der Waals surface area (Å²) in [7, 11) is 30.5. The number of rotatable bonds is 5. The lowest BCUT2D eigenvalue weighted by molar-refractivity contribution is 0.660. The van der Waals surface area contributed by atoms with Crippen LogP contribution in [0.1, 0.15) is 30.8 Å². The van der Waals surface area contributed by atoms with Crippen LogP contribution in [0.15, 0.2) is 91.0 Å². The molecule has 0 amide bonds. The lowest BCUT2D eigenvalue weighted by Gasteiger charge is -2.39. The van der Waals surface area contributed by atoms with Crippen molar-refractivity contribution in [3.8, 4) is 39.1 Å². The van der Waals surface area contributed by atoms with Crippen molar-refractivity contribution in [3.05, 3.63) is 108 Å². The third-order valence-corrected chi connectivity index (χ3v) is 15.6. The van der Waals surface area contributed by atoms with Gasteiger partial charge < -0.3 is 0 Å². The van der Waals surface area contributed by atoms with E-state index in [1.165, 1.54) is 110 Å². The standard InChI is InChI=1S/C44H47B13N2/c1-42(2)23-11-4-3-10-21(23)22-15-14-19(17-24(22)42)28-31-29(33(45)37(49)39(51)35(31)47)27(30-32(28)36(48)40(52)38(50)34(30)46)18-8-7-9-20(16-18)59-26-13-6-5-12-25(26)58-41(59)43(53,54)44(55,56)57/h3-17H,45-57H2,1-2H3. The van der Waals surface area contributed by atoms with E-state index in [1.54, 1.807) is 0 Å². The van der Waals surface area contributed by atoms with Gasteiger partial charge in [-0.2, -0.15) is 0 Å². The van der Waals surface area contributed by atoms with Crippen LogP contribution in [0.25, 0.3) is 71.6 Å². The highest BCUT2D eigenvalue weighted by atomic mass is 15.1. The largest absolute Gasteiger partial charge is 0.297 e.